The fourth-order valence-corrected chi connectivity index (χ4v) is 7.87. The molecule has 10 N–H and O–H groups in total. The summed E-state index contributed by atoms with van der Waals surface area (Å²) < 4.78 is 63.0. The third-order valence-corrected chi connectivity index (χ3v) is 9.97. The number of nitrogens with two attached hydrogens (primary N) is 3. The van der Waals surface area contributed by atoms with E-state index in [9.17, 15) is 28.8 Å². The number of aromatic nitrogens is 8. The molecular weight excluding hydrogens is 672 g/mol. The van der Waals surface area contributed by atoms with Crippen LogP contribution in [0.4, 0.5) is 11.8 Å². The van der Waals surface area contributed by atoms with Crippen molar-refractivity contribution in [3.05, 3.63) is 29.3 Å². The van der Waals surface area contributed by atoms with Crippen LogP contribution >= 0.6 is 15.6 Å². The number of ether oxygens (including phenoxy) is 2. The molecule has 3 fully saturated rings. The van der Waals surface area contributed by atoms with Crippen molar-refractivity contribution in [2.45, 2.75) is 49.4 Å². The zero-order valence-electron chi connectivity index (χ0n) is 24.0. The Morgan fingerprint density at radius 3 is 2.26 bits per heavy atom. The molecule has 3 saturated heterocycles. The van der Waals surface area contributed by atoms with Crippen LogP contribution in [-0.2, 0) is 36.7 Å². The summed E-state index contributed by atoms with van der Waals surface area (Å²) >= 11 is 0. The summed E-state index contributed by atoms with van der Waals surface area (Å²) in [6, 6.07) is 0. The largest absolute Gasteiger partial charge is 0.472 e. The molecule has 47 heavy (non-hydrogen) atoms. The van der Waals surface area contributed by atoms with Gasteiger partial charge in [-0.25, -0.2) is 29.1 Å². The number of aromatic amines is 1. The first kappa shape index (κ1) is 32.1. The number of aliphatic hydroxyl groups excluding tert-OH is 1. The fraction of sp³-hybridized carbons (Fsp3) is 0.545. The second kappa shape index (κ2) is 11.9. The predicted molar refractivity (Wildman–Crippen MR) is 155 cm³/mol. The van der Waals surface area contributed by atoms with Gasteiger partial charge in [0.25, 0.3) is 5.56 Å². The van der Waals surface area contributed by atoms with E-state index in [4.69, 9.17) is 44.8 Å². The number of phosphoric acid groups is 2. The quantitative estimate of drug-likeness (QED) is 0.116. The number of H-pyrrole nitrogens is 1. The lowest BCUT2D eigenvalue weighted by atomic mass is 9.94. The lowest BCUT2D eigenvalue weighted by molar-refractivity contribution is -0.0671. The molecule has 7 heterocycles. The molecule has 0 saturated carbocycles. The third kappa shape index (κ3) is 5.83. The molecule has 0 spiro atoms. The minimum Gasteiger partial charge on any atom is -0.386 e. The van der Waals surface area contributed by atoms with Crippen LogP contribution in [0.5, 0.6) is 0 Å². The molecule has 0 aliphatic carbocycles. The lowest BCUT2D eigenvalue weighted by Gasteiger charge is -2.26. The maximum absolute atomic E-state index is 13.5. The number of rotatable bonds is 4. The summed E-state index contributed by atoms with van der Waals surface area (Å²) in [5.74, 6) is -1.02. The van der Waals surface area contributed by atoms with Gasteiger partial charge in [0.15, 0.2) is 35.1 Å². The molecule has 7 rings (SSSR count). The zero-order chi connectivity index (χ0) is 33.2. The second-order valence-electron chi connectivity index (χ2n) is 10.9. The van der Waals surface area contributed by atoms with Crippen LogP contribution in [0.15, 0.2) is 23.8 Å². The molecule has 2 bridgehead atoms. The number of nitrogens with one attached hydrogen (secondary N) is 1. The van der Waals surface area contributed by atoms with Crippen molar-refractivity contribution in [1.82, 2.24) is 39.0 Å². The Morgan fingerprint density at radius 2 is 1.53 bits per heavy atom. The highest BCUT2D eigenvalue weighted by Gasteiger charge is 2.54. The number of aliphatic hydroxyl groups is 1. The van der Waals surface area contributed by atoms with Crippen molar-refractivity contribution in [2.24, 2.45) is 11.7 Å². The predicted octanol–water partition coefficient (Wildman–Crippen LogP) is -1.74. The molecule has 0 amide bonds. The average molecular weight is 701 g/mol. The average Bonchev–Trinajstić information content (AvgIpc) is 3.76. The van der Waals surface area contributed by atoms with Crippen LogP contribution in [0.25, 0.3) is 22.3 Å². The van der Waals surface area contributed by atoms with Crippen LogP contribution in [0.2, 0.25) is 0 Å². The van der Waals surface area contributed by atoms with Gasteiger partial charge in [0.1, 0.15) is 36.3 Å². The molecule has 254 valence electrons. The maximum Gasteiger partial charge on any atom is 0.472 e. The maximum atomic E-state index is 13.5. The van der Waals surface area contributed by atoms with Gasteiger partial charge in [0, 0.05) is 5.92 Å². The molecule has 25 heteroatoms. The van der Waals surface area contributed by atoms with E-state index >= 15 is 0 Å². The van der Waals surface area contributed by atoms with E-state index in [1.165, 1.54) is 21.8 Å². The standard InChI is InChI=1S/C22H29N11O12P2/c23-2-1-8-9-3-40-47(38,39)45-15-10(43-20(13(15)34)32-6-28-11-16(24)26-5-27-17(11)32)4-41-46(36,37)44-14(8)21(42-9)33-7-29-12-18(33)30-22(25)31-19(12)35/h5-10,13-15,20-21,34H,1-4,23H2,(H,36,37)(H,38,39)(H2,24,26,27)(H3,25,30,31,35)/t8?,9-,10-,13+,14+,15?,20?,21?/m1/s1. The zero-order valence-corrected chi connectivity index (χ0v) is 25.7. The molecule has 0 radical (unpaired) electrons. The van der Waals surface area contributed by atoms with Crippen LogP contribution in [0, 0.1) is 5.92 Å². The molecule has 23 nitrogen and oxygen atoms in total. The Labute approximate surface area is 262 Å². The summed E-state index contributed by atoms with van der Waals surface area (Å²) in [5.41, 5.74) is 17.0. The molecule has 10 atom stereocenters. The van der Waals surface area contributed by atoms with Gasteiger partial charge in [0.2, 0.25) is 5.95 Å². The summed E-state index contributed by atoms with van der Waals surface area (Å²) in [4.78, 5) is 56.7. The Bertz CT molecular complexity index is 1970. The van der Waals surface area contributed by atoms with Crippen LogP contribution in [0.3, 0.4) is 0 Å². The van der Waals surface area contributed by atoms with Gasteiger partial charge >= 0.3 is 15.6 Å². The van der Waals surface area contributed by atoms with Gasteiger partial charge in [-0.1, -0.05) is 0 Å². The molecule has 3 aliphatic rings. The van der Waals surface area contributed by atoms with E-state index in [0.717, 1.165) is 6.33 Å². The second-order valence-corrected chi connectivity index (χ2v) is 13.7. The Morgan fingerprint density at radius 1 is 0.894 bits per heavy atom. The number of hydrogen-bond donors (Lipinski definition) is 7. The number of imidazole rings is 2. The minimum atomic E-state index is -5.02. The number of fused-ring (bicyclic) bond motifs is 5. The molecule has 4 aromatic rings. The van der Waals surface area contributed by atoms with E-state index in [1.807, 2.05) is 0 Å². The van der Waals surface area contributed by atoms with Crippen molar-refractivity contribution in [2.75, 3.05) is 31.2 Å². The van der Waals surface area contributed by atoms with E-state index in [1.54, 1.807) is 0 Å². The molecule has 6 unspecified atom stereocenters. The number of anilines is 2. The third-order valence-electron chi connectivity index (χ3n) is 8.00. The normalized spacial score (nSPS) is 36.6. The Kier molecular flexibility index (Phi) is 8.14. The first-order valence-corrected chi connectivity index (χ1v) is 17.0. The SMILES string of the molecule is NCCC1[C@@H]2OP(=O)(O)OC[C@H]3OC(n4cnc5c(N)ncnc54)[C@@H](O)C3OP(=O)(O)OC[C@H]1OC2n1cnc2c(=O)[nH]c(N)nc21. The summed E-state index contributed by atoms with van der Waals surface area (Å²) in [7, 11) is -10.0. The summed E-state index contributed by atoms with van der Waals surface area (Å²) in [6.45, 7) is -1.34. The Hall–Kier alpha value is -3.44. The summed E-state index contributed by atoms with van der Waals surface area (Å²) in [5, 5.41) is 11.2. The number of nitrogens with zero attached hydrogens (tertiary/aromatic N) is 7. The number of nitrogen functional groups attached to an aromatic ring is 2. The van der Waals surface area contributed by atoms with Crippen molar-refractivity contribution >= 4 is 49.7 Å². The van der Waals surface area contributed by atoms with Crippen LogP contribution in [0.1, 0.15) is 18.9 Å². The van der Waals surface area contributed by atoms with Gasteiger partial charge < -0.3 is 41.6 Å². The molecule has 4 aromatic heterocycles. The lowest BCUT2D eigenvalue weighted by Crippen LogP contribution is -2.36. The van der Waals surface area contributed by atoms with Gasteiger partial charge in [0.05, 0.1) is 32.0 Å². The first-order valence-electron chi connectivity index (χ1n) is 14.0. The fourth-order valence-electron chi connectivity index (χ4n) is 5.94. The van der Waals surface area contributed by atoms with Gasteiger partial charge in [-0.05, 0) is 13.0 Å². The van der Waals surface area contributed by atoms with Gasteiger partial charge in [-0.3, -0.25) is 37.0 Å². The topological polar surface area (TPSA) is 335 Å². The van der Waals surface area contributed by atoms with Gasteiger partial charge in [-0.2, -0.15) is 4.98 Å². The van der Waals surface area contributed by atoms with E-state index in [-0.39, 0.29) is 47.1 Å². The highest BCUT2D eigenvalue weighted by molar-refractivity contribution is 7.47. The molecule has 0 aromatic carbocycles. The highest BCUT2D eigenvalue weighted by atomic mass is 31.2. The van der Waals surface area contributed by atoms with E-state index in [2.05, 4.69) is 29.9 Å². The van der Waals surface area contributed by atoms with Crippen molar-refractivity contribution in [3.8, 4) is 0 Å². The van der Waals surface area contributed by atoms with Crippen LogP contribution in [-0.4, -0.2) is 104 Å². The molecule has 3 aliphatic heterocycles. The summed E-state index contributed by atoms with van der Waals surface area (Å²) in [6.07, 6.45) is -6.07. The number of phosphoric ester groups is 2. The minimum absolute atomic E-state index is 0.0369. The smallest absolute Gasteiger partial charge is 0.386 e. The molecular formula is C22H29N11O12P2. The van der Waals surface area contributed by atoms with Crippen molar-refractivity contribution < 1.29 is 51.6 Å². The number of hydrogen-bond acceptors (Lipinski definition) is 18. The van der Waals surface area contributed by atoms with Crippen LogP contribution < -0.4 is 22.8 Å². The van der Waals surface area contributed by atoms with E-state index < -0.39 is 83.3 Å². The van der Waals surface area contributed by atoms with Crippen molar-refractivity contribution in [3.63, 3.8) is 0 Å². The van der Waals surface area contributed by atoms with Crippen molar-refractivity contribution in [1.29, 1.82) is 0 Å². The van der Waals surface area contributed by atoms with E-state index in [0.29, 0.717) is 0 Å². The Balaban J connectivity index is 1.23. The highest BCUT2D eigenvalue weighted by Crippen LogP contribution is 2.55. The van der Waals surface area contributed by atoms with Gasteiger partial charge in [-0.15, -0.1) is 0 Å². The first-order chi connectivity index (χ1) is 22.4. The monoisotopic (exact) mass is 701 g/mol.